The summed E-state index contributed by atoms with van der Waals surface area (Å²) in [5.74, 6) is 0.307. The highest BCUT2D eigenvalue weighted by atomic mass is 32.1. The van der Waals surface area contributed by atoms with E-state index in [1.54, 1.807) is 29.7 Å². The van der Waals surface area contributed by atoms with Gasteiger partial charge in [-0.1, -0.05) is 18.2 Å². The van der Waals surface area contributed by atoms with Crippen molar-refractivity contribution in [3.8, 4) is 5.75 Å². The van der Waals surface area contributed by atoms with Crippen LogP contribution in [0.2, 0.25) is 0 Å². The van der Waals surface area contributed by atoms with Gasteiger partial charge in [-0.15, -0.1) is 11.3 Å². The van der Waals surface area contributed by atoms with Crippen LogP contribution in [0.5, 0.6) is 5.75 Å². The predicted molar refractivity (Wildman–Crippen MR) is 64.6 cm³/mol. The van der Waals surface area contributed by atoms with Crippen molar-refractivity contribution in [2.45, 2.75) is 13.8 Å². The van der Waals surface area contributed by atoms with E-state index < -0.39 is 0 Å². The first-order valence-corrected chi connectivity index (χ1v) is 5.66. The van der Waals surface area contributed by atoms with Gasteiger partial charge in [-0.05, 0) is 19.1 Å². The summed E-state index contributed by atoms with van der Waals surface area (Å²) < 4.78 is 4.78. The molecule has 2 aromatic rings. The van der Waals surface area contributed by atoms with Gasteiger partial charge in [0.05, 0.1) is 5.01 Å². The average Bonchev–Trinajstić information content (AvgIpc) is 2.71. The van der Waals surface area contributed by atoms with E-state index in [1.807, 2.05) is 30.5 Å². The fourth-order valence-electron chi connectivity index (χ4n) is 0.949. The van der Waals surface area contributed by atoms with E-state index in [1.165, 1.54) is 6.92 Å². The summed E-state index contributed by atoms with van der Waals surface area (Å²) in [6, 6.07) is 8.98. The number of hydrogen-bond donors (Lipinski definition) is 0. The van der Waals surface area contributed by atoms with Crippen LogP contribution in [0.3, 0.4) is 0 Å². The minimum absolute atomic E-state index is 0.286. The molecule has 1 aromatic heterocycles. The summed E-state index contributed by atoms with van der Waals surface area (Å²) in [4.78, 5) is 14.3. The number of benzene rings is 1. The molecule has 0 aliphatic rings. The van der Waals surface area contributed by atoms with E-state index in [0.717, 1.165) is 5.01 Å². The van der Waals surface area contributed by atoms with Gasteiger partial charge in [0, 0.05) is 18.5 Å². The highest BCUT2D eigenvalue weighted by Gasteiger charge is 1.92. The number of para-hydroxylation sites is 1. The molecule has 0 spiro atoms. The quantitative estimate of drug-likeness (QED) is 0.563. The lowest BCUT2D eigenvalue weighted by atomic mass is 10.3. The number of hydrogen-bond acceptors (Lipinski definition) is 4. The van der Waals surface area contributed by atoms with Gasteiger partial charge < -0.3 is 4.74 Å². The van der Waals surface area contributed by atoms with Crippen molar-refractivity contribution < 1.29 is 9.53 Å². The Hall–Kier alpha value is -1.68. The maximum atomic E-state index is 10.4. The number of nitrogens with zero attached hydrogens (tertiary/aromatic N) is 1. The molecule has 3 nitrogen and oxygen atoms in total. The zero-order chi connectivity index (χ0) is 11.8. The van der Waals surface area contributed by atoms with Gasteiger partial charge in [0.25, 0.3) is 0 Å². The summed E-state index contributed by atoms with van der Waals surface area (Å²) in [6.45, 7) is 3.37. The van der Waals surface area contributed by atoms with Crippen molar-refractivity contribution in [2.75, 3.05) is 0 Å². The highest BCUT2D eigenvalue weighted by molar-refractivity contribution is 7.09. The molecule has 2 rings (SSSR count). The first-order chi connectivity index (χ1) is 7.68. The van der Waals surface area contributed by atoms with Crippen LogP contribution < -0.4 is 4.74 Å². The first kappa shape index (κ1) is 12.4. The Morgan fingerprint density at radius 2 is 2.00 bits per heavy atom. The topological polar surface area (TPSA) is 39.2 Å². The molecule has 0 radical (unpaired) electrons. The summed E-state index contributed by atoms with van der Waals surface area (Å²) in [7, 11) is 0. The van der Waals surface area contributed by atoms with Gasteiger partial charge in [0.1, 0.15) is 5.75 Å². The SMILES string of the molecule is CC(=O)Oc1ccccc1.Cc1nccs1. The monoisotopic (exact) mass is 235 g/mol. The Balaban J connectivity index is 0.000000181. The number of carbonyl (C=O) groups is 1. The second-order valence-corrected chi connectivity index (χ2v) is 4.06. The second kappa shape index (κ2) is 6.74. The van der Waals surface area contributed by atoms with Crippen LogP contribution in [0.15, 0.2) is 41.9 Å². The third-order valence-electron chi connectivity index (χ3n) is 1.56. The molecule has 1 heterocycles. The molecule has 0 aliphatic heterocycles. The average molecular weight is 235 g/mol. The standard InChI is InChI=1S/C8H8O2.C4H5NS/c1-7(9)10-8-5-3-2-4-6-8;1-4-5-2-3-6-4/h2-6H,1H3;2-3H,1H3. The summed E-state index contributed by atoms with van der Waals surface area (Å²) >= 11 is 1.67. The van der Waals surface area contributed by atoms with Crippen LogP contribution >= 0.6 is 11.3 Å². The minimum Gasteiger partial charge on any atom is -0.427 e. The normalized spacial score (nSPS) is 8.88. The Morgan fingerprint density at radius 1 is 1.31 bits per heavy atom. The zero-order valence-electron chi connectivity index (χ0n) is 9.21. The third kappa shape index (κ3) is 5.26. The van der Waals surface area contributed by atoms with E-state index in [-0.39, 0.29) is 5.97 Å². The molecule has 0 saturated carbocycles. The van der Waals surface area contributed by atoms with Crippen molar-refractivity contribution in [1.29, 1.82) is 0 Å². The van der Waals surface area contributed by atoms with Crippen LogP contribution in [-0.4, -0.2) is 11.0 Å². The molecule has 0 bridgehead atoms. The zero-order valence-corrected chi connectivity index (χ0v) is 10.0. The van der Waals surface area contributed by atoms with E-state index in [2.05, 4.69) is 4.98 Å². The first-order valence-electron chi connectivity index (χ1n) is 4.78. The molecule has 4 heteroatoms. The Morgan fingerprint density at radius 3 is 2.38 bits per heavy atom. The molecule has 1 aromatic carbocycles. The molecule has 0 amide bonds. The maximum Gasteiger partial charge on any atom is 0.308 e. The van der Waals surface area contributed by atoms with Crippen molar-refractivity contribution in [3.63, 3.8) is 0 Å². The summed E-state index contributed by atoms with van der Waals surface area (Å²) in [5, 5.41) is 3.10. The smallest absolute Gasteiger partial charge is 0.308 e. The Kier molecular flexibility index (Phi) is 5.22. The molecule has 84 valence electrons. The number of rotatable bonds is 1. The highest BCUT2D eigenvalue weighted by Crippen LogP contribution is 2.07. The predicted octanol–water partition coefficient (Wildman–Crippen LogP) is 3.06. The number of aromatic nitrogens is 1. The van der Waals surface area contributed by atoms with E-state index >= 15 is 0 Å². The van der Waals surface area contributed by atoms with Gasteiger partial charge in [-0.2, -0.15) is 0 Å². The number of thiazole rings is 1. The number of carbonyl (C=O) groups excluding carboxylic acids is 1. The number of esters is 1. The van der Waals surface area contributed by atoms with Crippen molar-refractivity contribution >= 4 is 17.3 Å². The van der Waals surface area contributed by atoms with E-state index in [4.69, 9.17) is 4.74 Å². The minimum atomic E-state index is -0.286. The van der Waals surface area contributed by atoms with Gasteiger partial charge in [-0.3, -0.25) is 9.78 Å². The molecule has 0 fully saturated rings. The lowest BCUT2D eigenvalue weighted by Gasteiger charge is -1.97. The molecule has 0 atom stereocenters. The molecular formula is C12H13NO2S. The fourth-order valence-corrected chi connectivity index (χ4v) is 1.39. The Labute approximate surface area is 98.7 Å². The fraction of sp³-hybridized carbons (Fsp3) is 0.167. The second-order valence-electron chi connectivity index (χ2n) is 2.96. The molecule has 16 heavy (non-hydrogen) atoms. The van der Waals surface area contributed by atoms with Crippen LogP contribution in [0.1, 0.15) is 11.9 Å². The van der Waals surface area contributed by atoms with Crippen molar-refractivity contribution in [2.24, 2.45) is 0 Å². The number of ether oxygens (including phenoxy) is 1. The summed E-state index contributed by atoms with van der Waals surface area (Å²) in [6.07, 6.45) is 1.81. The largest absolute Gasteiger partial charge is 0.427 e. The van der Waals surface area contributed by atoms with Crippen molar-refractivity contribution in [1.82, 2.24) is 4.98 Å². The molecular weight excluding hydrogens is 222 g/mol. The van der Waals surface area contributed by atoms with Crippen LogP contribution in [0.4, 0.5) is 0 Å². The molecule has 0 saturated heterocycles. The van der Waals surface area contributed by atoms with Gasteiger partial charge in [-0.25, -0.2) is 0 Å². The molecule has 0 unspecified atom stereocenters. The number of aryl methyl sites for hydroxylation is 1. The van der Waals surface area contributed by atoms with E-state index in [0.29, 0.717) is 5.75 Å². The lowest BCUT2D eigenvalue weighted by Crippen LogP contribution is -2.00. The maximum absolute atomic E-state index is 10.4. The Bertz CT molecular complexity index is 412. The van der Waals surface area contributed by atoms with Gasteiger partial charge >= 0.3 is 5.97 Å². The van der Waals surface area contributed by atoms with Crippen LogP contribution in [0, 0.1) is 6.92 Å². The molecule has 0 N–H and O–H groups in total. The van der Waals surface area contributed by atoms with Crippen LogP contribution in [-0.2, 0) is 4.79 Å². The van der Waals surface area contributed by atoms with Gasteiger partial charge in [0.15, 0.2) is 0 Å². The third-order valence-corrected chi connectivity index (χ3v) is 2.26. The lowest BCUT2D eigenvalue weighted by molar-refractivity contribution is -0.131. The summed E-state index contributed by atoms with van der Waals surface area (Å²) in [5.41, 5.74) is 0. The molecule has 0 aliphatic carbocycles. The van der Waals surface area contributed by atoms with Crippen LogP contribution in [0.25, 0.3) is 0 Å². The van der Waals surface area contributed by atoms with Gasteiger partial charge in [0.2, 0.25) is 0 Å². The van der Waals surface area contributed by atoms with Crippen molar-refractivity contribution in [3.05, 3.63) is 46.9 Å². The van der Waals surface area contributed by atoms with E-state index in [9.17, 15) is 4.79 Å².